The lowest BCUT2D eigenvalue weighted by molar-refractivity contribution is -0.173. The number of hydrogen-bond acceptors (Lipinski definition) is 7. The summed E-state index contributed by atoms with van der Waals surface area (Å²) in [6.07, 6.45) is -5.04. The third-order valence-electron chi connectivity index (χ3n) is 5.96. The molecule has 4 rings (SSSR count). The number of halogens is 4. The summed E-state index contributed by atoms with van der Waals surface area (Å²) in [5.41, 5.74) is 0.473. The molecule has 2 heterocycles. The fraction of sp³-hybridized carbons (Fsp3) is 0.333. The summed E-state index contributed by atoms with van der Waals surface area (Å²) in [5, 5.41) is 9.30. The smallest absolute Gasteiger partial charge is 0.410 e. The van der Waals surface area contributed by atoms with Gasteiger partial charge in [0, 0.05) is 18.2 Å². The maximum absolute atomic E-state index is 14.1. The highest BCUT2D eigenvalue weighted by atomic mass is 35.5. The number of amides is 1. The Morgan fingerprint density at radius 1 is 1.00 bits per heavy atom. The van der Waals surface area contributed by atoms with Gasteiger partial charge in [0.25, 0.3) is 5.91 Å². The third-order valence-corrected chi connectivity index (χ3v) is 6.32. The number of benzene rings is 2. The Morgan fingerprint density at radius 2 is 1.59 bits per heavy atom. The molecule has 0 unspecified atom stereocenters. The van der Waals surface area contributed by atoms with E-state index in [1.807, 2.05) is 0 Å². The molecule has 1 aromatic heterocycles. The lowest BCUT2D eigenvalue weighted by Gasteiger charge is -2.33. The summed E-state index contributed by atoms with van der Waals surface area (Å²) in [6, 6.07) is 6.64. The molecule has 13 heteroatoms. The number of fused-ring (bicyclic) bond motifs is 1. The number of alkyl halides is 3. The Bertz CT molecular complexity index is 1310. The van der Waals surface area contributed by atoms with Crippen molar-refractivity contribution in [3.8, 4) is 23.0 Å². The number of ether oxygens (including phenoxy) is 4. The van der Waals surface area contributed by atoms with Crippen LogP contribution < -0.4 is 29.6 Å². The zero-order valence-electron chi connectivity index (χ0n) is 20.3. The number of hydrogen-bond donors (Lipinski definition) is 2. The van der Waals surface area contributed by atoms with Gasteiger partial charge in [0.1, 0.15) is 10.8 Å². The molecule has 1 aliphatic rings. The average molecular weight is 541 g/mol. The van der Waals surface area contributed by atoms with Gasteiger partial charge in [-0.1, -0.05) is 17.7 Å². The molecule has 198 valence electrons. The van der Waals surface area contributed by atoms with Crippen molar-refractivity contribution in [2.75, 3.05) is 39.1 Å². The second-order valence-corrected chi connectivity index (χ2v) is 8.46. The molecule has 2 atom stereocenters. The van der Waals surface area contributed by atoms with Crippen LogP contribution in [0.5, 0.6) is 23.0 Å². The largest absolute Gasteiger partial charge is 0.493 e. The van der Waals surface area contributed by atoms with E-state index in [0.29, 0.717) is 38.9 Å². The van der Waals surface area contributed by atoms with Crippen LogP contribution in [0.2, 0.25) is 5.02 Å². The number of carbonyl (C=O) groups excluding carboxylic acids is 1. The van der Waals surface area contributed by atoms with Crippen molar-refractivity contribution < 1.29 is 36.9 Å². The highest BCUT2D eigenvalue weighted by Crippen LogP contribution is 2.47. The van der Waals surface area contributed by atoms with Crippen LogP contribution >= 0.6 is 11.6 Å². The second-order valence-electron chi connectivity index (χ2n) is 8.08. The van der Waals surface area contributed by atoms with Gasteiger partial charge in [-0.2, -0.15) is 18.3 Å². The lowest BCUT2D eigenvalue weighted by Crippen LogP contribution is -2.35. The maximum Gasteiger partial charge on any atom is 0.410 e. The van der Waals surface area contributed by atoms with Crippen molar-refractivity contribution in [1.82, 2.24) is 9.78 Å². The molecule has 37 heavy (non-hydrogen) atoms. The highest BCUT2D eigenvalue weighted by molar-refractivity contribution is 6.36. The number of nitrogens with one attached hydrogen (secondary N) is 2. The third kappa shape index (κ3) is 5.06. The van der Waals surface area contributed by atoms with E-state index in [1.165, 1.54) is 34.5 Å². The van der Waals surface area contributed by atoms with Gasteiger partial charge in [0.2, 0.25) is 0 Å². The fourth-order valence-electron chi connectivity index (χ4n) is 4.13. The molecule has 0 saturated carbocycles. The van der Waals surface area contributed by atoms with Crippen molar-refractivity contribution in [2.24, 2.45) is 0 Å². The standard InChI is InChI=1S/C24H24ClF3N4O5/c1-34-15-7-5-12(9-17(15)36-3)14-11-19(24(26,27)28)32-22(30-14)20(25)21(31-32)23(33)29-13-6-8-16(35-2)18(10-13)37-4/h5-10,14,19,30H,11H2,1-4H3,(H,29,33)/t14-,19-/m0/s1. The van der Waals surface area contributed by atoms with E-state index in [0.717, 1.165) is 0 Å². The highest BCUT2D eigenvalue weighted by Gasteiger charge is 2.48. The summed E-state index contributed by atoms with van der Waals surface area (Å²) in [5.74, 6) is 0.690. The van der Waals surface area contributed by atoms with E-state index < -0.39 is 24.2 Å². The van der Waals surface area contributed by atoms with Gasteiger partial charge < -0.3 is 29.6 Å². The number of methoxy groups -OCH3 is 4. The zero-order valence-corrected chi connectivity index (χ0v) is 21.0. The van der Waals surface area contributed by atoms with Crippen LogP contribution in [0.25, 0.3) is 0 Å². The first-order valence-electron chi connectivity index (χ1n) is 11.0. The summed E-state index contributed by atoms with van der Waals surface area (Å²) in [6.45, 7) is 0. The van der Waals surface area contributed by atoms with E-state index in [2.05, 4.69) is 15.7 Å². The molecule has 0 spiro atoms. The van der Waals surface area contributed by atoms with Gasteiger partial charge in [-0.25, -0.2) is 4.68 Å². The van der Waals surface area contributed by atoms with Gasteiger partial charge in [-0.05, 0) is 29.8 Å². The Kier molecular flexibility index (Phi) is 7.30. The first-order valence-corrected chi connectivity index (χ1v) is 11.4. The fourth-order valence-corrected chi connectivity index (χ4v) is 4.39. The minimum absolute atomic E-state index is 0.118. The molecule has 1 amide bonds. The summed E-state index contributed by atoms with van der Waals surface area (Å²) >= 11 is 6.42. The zero-order chi connectivity index (χ0) is 26.9. The second kappa shape index (κ2) is 10.3. The summed E-state index contributed by atoms with van der Waals surface area (Å²) in [7, 11) is 5.79. The number of rotatable bonds is 7. The predicted molar refractivity (Wildman–Crippen MR) is 130 cm³/mol. The van der Waals surface area contributed by atoms with E-state index in [9.17, 15) is 18.0 Å². The van der Waals surface area contributed by atoms with Crippen LogP contribution in [-0.2, 0) is 0 Å². The first-order chi connectivity index (χ1) is 17.6. The Morgan fingerprint density at radius 3 is 2.19 bits per heavy atom. The van der Waals surface area contributed by atoms with Crippen molar-refractivity contribution in [3.63, 3.8) is 0 Å². The van der Waals surface area contributed by atoms with Gasteiger partial charge >= 0.3 is 6.18 Å². The molecule has 0 fully saturated rings. The van der Waals surface area contributed by atoms with Gasteiger partial charge in [0.05, 0.1) is 34.5 Å². The van der Waals surface area contributed by atoms with Crippen molar-refractivity contribution in [1.29, 1.82) is 0 Å². The minimum Gasteiger partial charge on any atom is -0.493 e. The summed E-state index contributed by atoms with van der Waals surface area (Å²) in [4.78, 5) is 13.0. The Hall–Kier alpha value is -3.80. The molecule has 0 saturated heterocycles. The molecule has 3 aromatic rings. The Labute approximate surface area is 215 Å². The molecule has 0 radical (unpaired) electrons. The van der Waals surface area contributed by atoms with E-state index in [-0.39, 0.29) is 23.0 Å². The van der Waals surface area contributed by atoms with Gasteiger partial charge in [-0.15, -0.1) is 0 Å². The number of aromatic nitrogens is 2. The SMILES string of the molecule is COc1ccc(NC(=O)c2nn3c(c2Cl)N[C@H](c2ccc(OC)c(OC)c2)C[C@H]3C(F)(F)F)cc1OC. The van der Waals surface area contributed by atoms with Crippen LogP contribution in [0.15, 0.2) is 36.4 Å². The normalized spacial score (nSPS) is 16.9. The van der Waals surface area contributed by atoms with Crippen LogP contribution in [0.1, 0.15) is 34.6 Å². The molecular formula is C24H24ClF3N4O5. The maximum atomic E-state index is 14.1. The number of anilines is 2. The quantitative estimate of drug-likeness (QED) is 0.409. The number of nitrogens with zero attached hydrogens (tertiary/aromatic N) is 2. The number of carbonyl (C=O) groups is 1. The van der Waals surface area contributed by atoms with Crippen molar-refractivity contribution >= 4 is 29.0 Å². The average Bonchev–Trinajstić information content (AvgIpc) is 3.23. The van der Waals surface area contributed by atoms with Crippen LogP contribution in [0, 0.1) is 0 Å². The van der Waals surface area contributed by atoms with E-state index >= 15 is 0 Å². The topological polar surface area (TPSA) is 95.9 Å². The van der Waals surface area contributed by atoms with E-state index in [1.54, 1.807) is 30.3 Å². The van der Waals surface area contributed by atoms with Crippen molar-refractivity contribution in [3.05, 3.63) is 52.7 Å². The Balaban J connectivity index is 1.68. The first kappa shape index (κ1) is 26.3. The molecule has 0 bridgehead atoms. The molecule has 9 nitrogen and oxygen atoms in total. The van der Waals surface area contributed by atoms with Crippen molar-refractivity contribution in [2.45, 2.75) is 24.7 Å². The molecule has 2 aromatic carbocycles. The minimum atomic E-state index is -4.65. The predicted octanol–water partition coefficient (Wildman–Crippen LogP) is 5.48. The molecular weight excluding hydrogens is 517 g/mol. The summed E-state index contributed by atoms with van der Waals surface area (Å²) < 4.78 is 63.9. The van der Waals surface area contributed by atoms with Crippen LogP contribution in [0.4, 0.5) is 24.7 Å². The lowest BCUT2D eigenvalue weighted by atomic mass is 9.96. The van der Waals surface area contributed by atoms with Crippen LogP contribution in [-0.4, -0.2) is 50.3 Å². The van der Waals surface area contributed by atoms with E-state index in [4.69, 9.17) is 30.5 Å². The monoisotopic (exact) mass is 540 g/mol. The van der Waals surface area contributed by atoms with Gasteiger partial charge in [-0.3, -0.25) is 4.79 Å². The molecule has 0 aliphatic carbocycles. The molecule has 2 N–H and O–H groups in total. The molecule has 1 aliphatic heterocycles. The van der Waals surface area contributed by atoms with Crippen LogP contribution in [0.3, 0.4) is 0 Å². The van der Waals surface area contributed by atoms with Gasteiger partial charge in [0.15, 0.2) is 34.7 Å².